The molecule has 2 saturated heterocycles. The molecule has 0 saturated carbocycles. The molecule has 2 atom stereocenters. The van der Waals surface area contributed by atoms with Gasteiger partial charge < -0.3 is 5.32 Å². The number of nitrogens with one attached hydrogen (secondary N) is 2. The first-order chi connectivity index (χ1) is 8.28. The van der Waals surface area contributed by atoms with Crippen LogP contribution in [-0.2, 0) is 10.2 Å². The Morgan fingerprint density at radius 3 is 2.67 bits per heavy atom. The van der Waals surface area contributed by atoms with Crippen molar-refractivity contribution in [1.82, 2.24) is 14.3 Å². The molecule has 2 aliphatic rings. The molecule has 0 aromatic carbocycles. The molecule has 2 unspecified atom stereocenters. The maximum absolute atomic E-state index is 12.0. The first kappa shape index (κ1) is 14.0. The predicted molar refractivity (Wildman–Crippen MR) is 59.1 cm³/mol. The summed E-state index contributed by atoms with van der Waals surface area (Å²) in [6.07, 6.45) is -2.63. The van der Waals surface area contributed by atoms with Crippen LogP contribution in [-0.4, -0.2) is 51.1 Å². The minimum absolute atomic E-state index is 0.0706. The fraction of sp³-hybridized carbons (Fsp3) is 1.00. The smallest absolute Gasteiger partial charge is 0.312 e. The van der Waals surface area contributed by atoms with E-state index in [0.717, 1.165) is 23.7 Å². The lowest BCUT2D eigenvalue weighted by Crippen LogP contribution is -2.44. The van der Waals surface area contributed by atoms with Gasteiger partial charge in [0.25, 0.3) is 10.2 Å². The first-order valence-corrected chi connectivity index (χ1v) is 7.27. The van der Waals surface area contributed by atoms with Crippen molar-refractivity contribution in [2.45, 2.75) is 25.1 Å². The van der Waals surface area contributed by atoms with Gasteiger partial charge in [-0.05, 0) is 25.3 Å². The number of nitrogens with zero attached hydrogens (tertiary/aromatic N) is 1. The van der Waals surface area contributed by atoms with Gasteiger partial charge in [-0.25, -0.2) is 0 Å². The number of fused-ring (bicyclic) bond motifs is 1. The summed E-state index contributed by atoms with van der Waals surface area (Å²) in [6.45, 7) is -0.137. The highest BCUT2D eigenvalue weighted by molar-refractivity contribution is 7.87. The fourth-order valence-corrected chi connectivity index (χ4v) is 3.74. The van der Waals surface area contributed by atoms with Crippen molar-refractivity contribution in [2.75, 3.05) is 26.2 Å². The molecule has 0 aromatic heterocycles. The Labute approximate surface area is 104 Å². The fourth-order valence-electron chi connectivity index (χ4n) is 2.47. The Morgan fingerprint density at radius 1 is 1.33 bits per heavy atom. The molecule has 2 heterocycles. The van der Waals surface area contributed by atoms with Crippen molar-refractivity contribution in [2.24, 2.45) is 5.92 Å². The molecule has 18 heavy (non-hydrogen) atoms. The van der Waals surface area contributed by atoms with Crippen LogP contribution in [0.5, 0.6) is 0 Å². The highest BCUT2D eigenvalue weighted by atomic mass is 32.2. The van der Waals surface area contributed by atoms with Crippen molar-refractivity contribution in [3.63, 3.8) is 0 Å². The van der Waals surface area contributed by atoms with Gasteiger partial charge in [-0.15, -0.1) is 0 Å². The highest BCUT2D eigenvalue weighted by Crippen LogP contribution is 2.26. The Bertz CT molecular complexity index is 384. The van der Waals surface area contributed by atoms with Crippen LogP contribution in [0.3, 0.4) is 0 Å². The van der Waals surface area contributed by atoms with Gasteiger partial charge in [0.05, 0.1) is 0 Å². The minimum atomic E-state index is -4.53. The molecule has 0 bridgehead atoms. The molecule has 2 rings (SSSR count). The highest BCUT2D eigenvalue weighted by Gasteiger charge is 2.40. The summed E-state index contributed by atoms with van der Waals surface area (Å²) in [5.41, 5.74) is 0. The normalized spacial score (nSPS) is 30.4. The zero-order valence-electron chi connectivity index (χ0n) is 9.70. The number of rotatable bonds is 3. The van der Waals surface area contributed by atoms with Gasteiger partial charge in [0, 0.05) is 19.1 Å². The van der Waals surface area contributed by atoms with Crippen LogP contribution in [0.4, 0.5) is 13.2 Å². The van der Waals surface area contributed by atoms with Gasteiger partial charge in [-0.1, -0.05) is 0 Å². The van der Waals surface area contributed by atoms with Crippen LogP contribution in [0.1, 0.15) is 12.8 Å². The van der Waals surface area contributed by atoms with E-state index >= 15 is 0 Å². The van der Waals surface area contributed by atoms with Gasteiger partial charge in [0.2, 0.25) is 0 Å². The largest absolute Gasteiger partial charge is 0.402 e. The van der Waals surface area contributed by atoms with Gasteiger partial charge in [0.1, 0.15) is 6.54 Å². The summed E-state index contributed by atoms with van der Waals surface area (Å²) in [4.78, 5) is 0. The van der Waals surface area contributed by atoms with E-state index in [2.05, 4.69) is 5.32 Å². The zero-order valence-corrected chi connectivity index (χ0v) is 10.5. The number of halogens is 3. The molecule has 2 aliphatic heterocycles. The maximum atomic E-state index is 12.0. The number of hydrogen-bond acceptors (Lipinski definition) is 3. The standard InChI is InChI=1S/C9H16F3N3O2S/c10-9(11,12)6-14-18(16,17)15-4-7-2-1-3-13-8(7)5-15/h7-8,13-14H,1-6H2. The minimum Gasteiger partial charge on any atom is -0.312 e. The summed E-state index contributed by atoms with van der Waals surface area (Å²) in [5, 5.41) is 3.20. The van der Waals surface area contributed by atoms with Gasteiger partial charge in [-0.2, -0.15) is 30.6 Å². The van der Waals surface area contributed by atoms with Gasteiger partial charge in [-0.3, -0.25) is 0 Å². The average molecular weight is 287 g/mol. The molecule has 2 fully saturated rings. The Hall–Kier alpha value is -0.380. The van der Waals surface area contributed by atoms with Crippen molar-refractivity contribution >= 4 is 10.2 Å². The molecule has 0 amide bonds. The topological polar surface area (TPSA) is 61.4 Å². The van der Waals surface area contributed by atoms with Crippen molar-refractivity contribution in [1.29, 1.82) is 0 Å². The van der Waals surface area contributed by atoms with Crippen LogP contribution in [0.2, 0.25) is 0 Å². The van der Waals surface area contributed by atoms with E-state index in [1.807, 2.05) is 0 Å². The number of alkyl halides is 3. The zero-order chi connectivity index (χ0) is 13.4. The van der Waals surface area contributed by atoms with Gasteiger partial charge in [0.15, 0.2) is 0 Å². The van der Waals surface area contributed by atoms with E-state index in [4.69, 9.17) is 0 Å². The van der Waals surface area contributed by atoms with Crippen LogP contribution in [0, 0.1) is 5.92 Å². The van der Waals surface area contributed by atoms with Gasteiger partial charge >= 0.3 is 6.18 Å². The lowest BCUT2D eigenvalue weighted by Gasteiger charge is -2.24. The summed E-state index contributed by atoms with van der Waals surface area (Å²) in [7, 11) is -4.03. The van der Waals surface area contributed by atoms with E-state index in [1.54, 1.807) is 4.72 Å². The third-order valence-electron chi connectivity index (χ3n) is 3.36. The quantitative estimate of drug-likeness (QED) is 0.772. The molecule has 2 N–H and O–H groups in total. The summed E-state index contributed by atoms with van der Waals surface area (Å²) >= 11 is 0. The molecular weight excluding hydrogens is 271 g/mol. The van der Waals surface area contributed by atoms with Crippen LogP contribution in [0.25, 0.3) is 0 Å². The lowest BCUT2D eigenvalue weighted by atomic mass is 9.94. The number of hydrogen-bond donors (Lipinski definition) is 2. The van der Waals surface area contributed by atoms with Crippen molar-refractivity contribution in [3.05, 3.63) is 0 Å². The lowest BCUT2D eigenvalue weighted by molar-refractivity contribution is -0.121. The molecule has 5 nitrogen and oxygen atoms in total. The third-order valence-corrected chi connectivity index (χ3v) is 4.85. The van der Waals surface area contributed by atoms with E-state index in [-0.39, 0.29) is 18.5 Å². The Morgan fingerprint density at radius 2 is 2.06 bits per heavy atom. The second-order valence-corrected chi connectivity index (χ2v) is 6.48. The molecule has 0 aromatic rings. The average Bonchev–Trinajstić information content (AvgIpc) is 2.70. The maximum Gasteiger partial charge on any atom is 0.402 e. The molecular formula is C9H16F3N3O2S. The second kappa shape index (κ2) is 4.95. The van der Waals surface area contributed by atoms with E-state index in [1.165, 1.54) is 0 Å². The van der Waals surface area contributed by atoms with Crippen LogP contribution < -0.4 is 10.0 Å². The van der Waals surface area contributed by atoms with E-state index in [9.17, 15) is 21.6 Å². The molecule has 0 spiro atoms. The summed E-state index contributed by atoms with van der Waals surface area (Å²) < 4.78 is 62.2. The molecule has 106 valence electrons. The summed E-state index contributed by atoms with van der Waals surface area (Å²) in [6, 6.07) is 0.0706. The monoisotopic (exact) mass is 287 g/mol. The molecule has 0 radical (unpaired) electrons. The number of piperidine rings is 1. The van der Waals surface area contributed by atoms with E-state index < -0.39 is 22.9 Å². The molecule has 9 heteroatoms. The first-order valence-electron chi connectivity index (χ1n) is 5.83. The second-order valence-electron chi connectivity index (χ2n) is 4.72. The predicted octanol–water partition coefficient (Wildman–Crippen LogP) is 0.0669. The Balaban J connectivity index is 1.95. The SMILES string of the molecule is O=S(=O)(NCC(F)(F)F)N1CC2CCCNC2C1. The van der Waals surface area contributed by atoms with Crippen molar-refractivity contribution < 1.29 is 21.6 Å². The third kappa shape index (κ3) is 3.34. The summed E-state index contributed by atoms with van der Waals surface area (Å²) in [5.74, 6) is 0.209. The molecule has 0 aliphatic carbocycles. The van der Waals surface area contributed by atoms with Crippen LogP contribution in [0.15, 0.2) is 0 Å². The van der Waals surface area contributed by atoms with E-state index in [0.29, 0.717) is 6.54 Å². The Kier molecular flexibility index (Phi) is 3.86. The van der Waals surface area contributed by atoms with Crippen LogP contribution >= 0.6 is 0 Å². The van der Waals surface area contributed by atoms with Crippen molar-refractivity contribution in [3.8, 4) is 0 Å².